The van der Waals surface area contributed by atoms with Gasteiger partial charge in [0.2, 0.25) is 0 Å². The Balaban J connectivity index is 1.36. The molecule has 0 saturated heterocycles. The lowest BCUT2D eigenvalue weighted by Gasteiger charge is -2.50. The summed E-state index contributed by atoms with van der Waals surface area (Å²) in [6.45, 7) is 0.975. The standard InChI is InChI=1S/C27H32BrF9O3/c1-23-10-9-19-18-6-4-17(38-14-11-28)15-16(18)3-5-20(19)21(23)7-8-22(23)39-12-2-13-40-24(25(29,30)31,26(32,33)34)27(35,36)37/h4,6,15,19-22H,2-3,5,7-14H2,1H3/t19-,20-,21+,22+,23+/m1/s1. The molecule has 1 aromatic rings. The Morgan fingerprint density at radius 3 is 2.17 bits per heavy atom. The van der Waals surface area contributed by atoms with E-state index in [-0.39, 0.29) is 18.1 Å². The van der Waals surface area contributed by atoms with E-state index in [1.165, 1.54) is 11.1 Å². The maximum Gasteiger partial charge on any atom is 0.435 e. The summed E-state index contributed by atoms with van der Waals surface area (Å²) in [6.07, 6.45) is -15.8. The number of benzene rings is 1. The molecule has 0 amide bonds. The molecule has 3 aliphatic rings. The van der Waals surface area contributed by atoms with E-state index in [0.717, 1.165) is 43.2 Å². The van der Waals surface area contributed by atoms with Crippen molar-refractivity contribution < 1.29 is 53.7 Å². The fraction of sp³-hybridized carbons (Fsp3) is 0.778. The second kappa shape index (κ2) is 11.5. The molecule has 0 N–H and O–H groups in total. The zero-order valence-corrected chi connectivity index (χ0v) is 23.4. The van der Waals surface area contributed by atoms with Crippen LogP contribution in [0.2, 0.25) is 0 Å². The van der Waals surface area contributed by atoms with Crippen molar-refractivity contribution >= 4 is 15.9 Å². The maximum atomic E-state index is 13.1. The summed E-state index contributed by atoms with van der Waals surface area (Å²) in [5.41, 5.74) is -3.86. The molecule has 3 aliphatic carbocycles. The van der Waals surface area contributed by atoms with Gasteiger partial charge < -0.3 is 14.2 Å². The average molecular weight is 655 g/mol. The molecular weight excluding hydrogens is 623 g/mol. The van der Waals surface area contributed by atoms with Crippen LogP contribution in [0, 0.1) is 17.3 Å². The number of hydrogen-bond acceptors (Lipinski definition) is 3. The van der Waals surface area contributed by atoms with Gasteiger partial charge in [-0.05, 0) is 91.4 Å². The van der Waals surface area contributed by atoms with Crippen molar-refractivity contribution in [3.8, 4) is 5.75 Å². The van der Waals surface area contributed by atoms with E-state index >= 15 is 0 Å². The van der Waals surface area contributed by atoms with Crippen molar-refractivity contribution in [3.05, 3.63) is 29.3 Å². The molecule has 0 spiro atoms. The Labute approximate surface area is 235 Å². The second-order valence-corrected chi connectivity index (χ2v) is 12.0. The largest absolute Gasteiger partial charge is 0.493 e. The Hall–Kier alpha value is -1.21. The topological polar surface area (TPSA) is 27.7 Å². The fourth-order valence-electron chi connectivity index (χ4n) is 7.27. The van der Waals surface area contributed by atoms with E-state index < -0.39 is 37.2 Å². The first kappa shape index (κ1) is 31.7. The Bertz CT molecular complexity index is 990. The van der Waals surface area contributed by atoms with Crippen molar-refractivity contribution in [2.45, 2.75) is 88.0 Å². The third-order valence-corrected chi connectivity index (χ3v) is 9.40. The molecule has 0 aliphatic heterocycles. The number of halogens is 10. The predicted molar refractivity (Wildman–Crippen MR) is 132 cm³/mol. The predicted octanol–water partition coefficient (Wildman–Crippen LogP) is 8.53. The zero-order valence-electron chi connectivity index (χ0n) is 21.8. The van der Waals surface area contributed by atoms with Crippen LogP contribution < -0.4 is 4.74 Å². The zero-order chi connectivity index (χ0) is 29.6. The monoisotopic (exact) mass is 654 g/mol. The highest BCUT2D eigenvalue weighted by atomic mass is 79.9. The molecule has 13 heteroatoms. The molecule has 40 heavy (non-hydrogen) atoms. The van der Waals surface area contributed by atoms with E-state index in [0.29, 0.717) is 30.8 Å². The molecular formula is C27H32BrF9O3. The van der Waals surface area contributed by atoms with Crippen molar-refractivity contribution in [2.75, 3.05) is 25.2 Å². The maximum absolute atomic E-state index is 13.1. The lowest BCUT2D eigenvalue weighted by atomic mass is 9.55. The number of alkyl halides is 10. The third kappa shape index (κ3) is 5.59. The molecule has 0 radical (unpaired) electrons. The lowest BCUT2D eigenvalue weighted by Crippen LogP contribution is -2.67. The van der Waals surface area contributed by atoms with E-state index in [1.807, 2.05) is 6.07 Å². The van der Waals surface area contributed by atoms with Crippen LogP contribution in [0.4, 0.5) is 39.5 Å². The Morgan fingerprint density at radius 1 is 0.875 bits per heavy atom. The summed E-state index contributed by atoms with van der Waals surface area (Å²) in [5, 5.41) is 0.737. The van der Waals surface area contributed by atoms with Crippen LogP contribution in [0.15, 0.2) is 18.2 Å². The van der Waals surface area contributed by atoms with Gasteiger partial charge in [0.25, 0.3) is 0 Å². The molecule has 4 rings (SSSR count). The molecule has 0 bridgehead atoms. The molecule has 0 heterocycles. The van der Waals surface area contributed by atoms with Gasteiger partial charge in [0.1, 0.15) is 5.75 Å². The third-order valence-electron chi connectivity index (χ3n) is 9.08. The summed E-state index contributed by atoms with van der Waals surface area (Å²) in [6, 6.07) is 6.24. The first-order chi connectivity index (χ1) is 18.6. The Kier molecular flexibility index (Phi) is 9.09. The molecule has 3 nitrogen and oxygen atoms in total. The number of hydrogen-bond donors (Lipinski definition) is 0. The van der Waals surface area contributed by atoms with Gasteiger partial charge in [-0.15, -0.1) is 0 Å². The summed E-state index contributed by atoms with van der Waals surface area (Å²) in [5.74, 6) is 1.98. The van der Waals surface area contributed by atoms with Gasteiger partial charge in [-0.1, -0.05) is 28.9 Å². The van der Waals surface area contributed by atoms with Crippen LogP contribution in [-0.2, 0) is 15.9 Å². The van der Waals surface area contributed by atoms with Gasteiger partial charge in [-0.25, -0.2) is 0 Å². The number of fused-ring (bicyclic) bond motifs is 5. The summed E-state index contributed by atoms with van der Waals surface area (Å²) < 4.78 is 133. The molecule has 0 aromatic heterocycles. The minimum absolute atomic E-state index is 0.230. The summed E-state index contributed by atoms with van der Waals surface area (Å²) >= 11 is 3.35. The summed E-state index contributed by atoms with van der Waals surface area (Å²) in [7, 11) is 0. The average Bonchev–Trinajstić information content (AvgIpc) is 3.18. The highest BCUT2D eigenvalue weighted by Gasteiger charge is 2.85. The lowest BCUT2D eigenvalue weighted by molar-refractivity contribution is -0.457. The van der Waals surface area contributed by atoms with E-state index in [2.05, 4.69) is 39.7 Å². The molecule has 228 valence electrons. The van der Waals surface area contributed by atoms with E-state index in [4.69, 9.17) is 9.47 Å². The van der Waals surface area contributed by atoms with Gasteiger partial charge in [0.15, 0.2) is 0 Å². The highest BCUT2D eigenvalue weighted by molar-refractivity contribution is 9.09. The number of aryl methyl sites for hydroxylation is 1. The van der Waals surface area contributed by atoms with Crippen molar-refractivity contribution in [1.82, 2.24) is 0 Å². The minimum atomic E-state index is -6.73. The van der Waals surface area contributed by atoms with Gasteiger partial charge >= 0.3 is 24.1 Å². The first-order valence-corrected chi connectivity index (χ1v) is 14.5. The molecule has 1 aromatic carbocycles. The minimum Gasteiger partial charge on any atom is -0.493 e. The van der Waals surface area contributed by atoms with E-state index in [1.54, 1.807) is 0 Å². The van der Waals surface area contributed by atoms with Gasteiger partial charge in [0.05, 0.1) is 19.3 Å². The number of ether oxygens (including phenoxy) is 3. The smallest absolute Gasteiger partial charge is 0.435 e. The van der Waals surface area contributed by atoms with Crippen molar-refractivity contribution in [3.63, 3.8) is 0 Å². The Morgan fingerprint density at radius 2 is 1.55 bits per heavy atom. The molecule has 2 saturated carbocycles. The second-order valence-electron chi connectivity index (χ2n) is 11.2. The van der Waals surface area contributed by atoms with Gasteiger partial charge in [0, 0.05) is 11.9 Å². The van der Waals surface area contributed by atoms with Crippen LogP contribution in [0.1, 0.15) is 62.5 Å². The van der Waals surface area contributed by atoms with Crippen molar-refractivity contribution in [1.29, 1.82) is 0 Å². The van der Waals surface area contributed by atoms with Crippen LogP contribution in [0.5, 0.6) is 5.75 Å². The van der Waals surface area contributed by atoms with Gasteiger partial charge in [-0.2, -0.15) is 39.5 Å². The summed E-state index contributed by atoms with van der Waals surface area (Å²) in [4.78, 5) is 0. The number of rotatable bonds is 9. The van der Waals surface area contributed by atoms with Gasteiger partial charge in [-0.3, -0.25) is 0 Å². The SMILES string of the molecule is C[C@]12CC[C@@H]3c4ccc(OCCBr)cc4CC[C@H]3[C@@H]1CC[C@@H]2OCCCOC(C(F)(F)F)(C(F)(F)F)C(F)(F)F. The molecule has 5 atom stereocenters. The highest BCUT2D eigenvalue weighted by Crippen LogP contribution is 2.62. The fourth-order valence-corrected chi connectivity index (χ4v) is 7.43. The van der Waals surface area contributed by atoms with Crippen LogP contribution in [0.3, 0.4) is 0 Å². The van der Waals surface area contributed by atoms with Crippen LogP contribution >= 0.6 is 15.9 Å². The molecule has 0 unspecified atom stereocenters. The quantitative estimate of drug-likeness (QED) is 0.152. The first-order valence-electron chi connectivity index (χ1n) is 13.3. The van der Waals surface area contributed by atoms with Crippen LogP contribution in [0.25, 0.3) is 0 Å². The normalized spacial score (nSPS) is 29.1. The molecule has 2 fully saturated rings. The van der Waals surface area contributed by atoms with E-state index in [9.17, 15) is 39.5 Å². The van der Waals surface area contributed by atoms with Crippen LogP contribution in [-0.4, -0.2) is 55.4 Å². The van der Waals surface area contributed by atoms with Crippen molar-refractivity contribution in [2.24, 2.45) is 17.3 Å².